The zero-order valence-electron chi connectivity index (χ0n) is 18.7. The van der Waals surface area contributed by atoms with Crippen molar-refractivity contribution >= 4 is 0 Å². The summed E-state index contributed by atoms with van der Waals surface area (Å²) in [5, 5.41) is 23.9. The molecule has 172 valence electrons. The van der Waals surface area contributed by atoms with Crippen LogP contribution in [0.3, 0.4) is 0 Å². The Morgan fingerprint density at radius 2 is 1.94 bits per heavy atom. The standard InChI is InChI=1S/C24H32N4O4/c1-17(29)24-25-9-12-28(24)14-21-13-23(32-26-21)20-5-3-18(4-6-20)19-7-10-27(11-8-19)15-22(30)16-31-2/h3-6,9,12-13,17,19,22,29-30H,7-8,10-11,14-16H2,1-2H3/t17-,22?/m0/s1. The lowest BCUT2D eigenvalue weighted by Crippen LogP contribution is -2.39. The summed E-state index contributed by atoms with van der Waals surface area (Å²) in [6, 6.07) is 10.5. The topological polar surface area (TPSA) is 96.8 Å². The van der Waals surface area contributed by atoms with Crippen LogP contribution in [0, 0.1) is 0 Å². The molecule has 4 rings (SSSR count). The van der Waals surface area contributed by atoms with Gasteiger partial charge in [-0.05, 0) is 44.3 Å². The van der Waals surface area contributed by atoms with E-state index in [0.29, 0.717) is 31.4 Å². The number of benzene rings is 1. The van der Waals surface area contributed by atoms with Crippen LogP contribution in [0.2, 0.25) is 0 Å². The second-order valence-corrected chi connectivity index (χ2v) is 8.58. The molecule has 2 N–H and O–H groups in total. The molecule has 32 heavy (non-hydrogen) atoms. The second kappa shape index (κ2) is 10.4. The van der Waals surface area contributed by atoms with Gasteiger partial charge in [-0.1, -0.05) is 29.4 Å². The second-order valence-electron chi connectivity index (χ2n) is 8.58. The molecule has 0 spiro atoms. The number of hydrogen-bond donors (Lipinski definition) is 2. The van der Waals surface area contributed by atoms with Crippen molar-refractivity contribution in [3.8, 4) is 11.3 Å². The maximum Gasteiger partial charge on any atom is 0.167 e. The van der Waals surface area contributed by atoms with Gasteiger partial charge >= 0.3 is 0 Å². The van der Waals surface area contributed by atoms with Gasteiger partial charge in [0.25, 0.3) is 0 Å². The number of piperidine rings is 1. The van der Waals surface area contributed by atoms with Gasteiger partial charge in [0.05, 0.1) is 19.3 Å². The molecule has 1 fully saturated rings. The Kier molecular flexibility index (Phi) is 7.36. The summed E-state index contributed by atoms with van der Waals surface area (Å²) in [6.07, 6.45) is 4.62. The van der Waals surface area contributed by atoms with E-state index in [1.807, 2.05) is 16.8 Å². The maximum atomic E-state index is 9.94. The number of imidazole rings is 1. The van der Waals surface area contributed by atoms with Gasteiger partial charge in [0.15, 0.2) is 5.76 Å². The number of β-amino-alcohol motifs (C(OH)–C–C–N with tert-alkyl or cyclic N) is 1. The first kappa shape index (κ1) is 22.7. The zero-order valence-corrected chi connectivity index (χ0v) is 18.7. The Hall–Kier alpha value is -2.52. The minimum atomic E-state index is -0.633. The number of ether oxygens (including phenoxy) is 1. The van der Waals surface area contributed by atoms with Crippen molar-refractivity contribution in [1.82, 2.24) is 19.6 Å². The van der Waals surface area contributed by atoms with Gasteiger partial charge in [-0.3, -0.25) is 0 Å². The lowest BCUT2D eigenvalue weighted by Gasteiger charge is -2.33. The van der Waals surface area contributed by atoms with Crippen molar-refractivity contribution in [2.75, 3.05) is 33.4 Å². The number of hydrogen-bond acceptors (Lipinski definition) is 7. The van der Waals surface area contributed by atoms with Crippen LogP contribution < -0.4 is 0 Å². The molecular weight excluding hydrogens is 408 g/mol. The summed E-state index contributed by atoms with van der Waals surface area (Å²) in [7, 11) is 1.62. The Balaban J connectivity index is 1.34. The van der Waals surface area contributed by atoms with Crippen LogP contribution in [0.5, 0.6) is 0 Å². The largest absolute Gasteiger partial charge is 0.389 e. The molecule has 1 aliphatic heterocycles. The van der Waals surface area contributed by atoms with Crippen LogP contribution in [-0.2, 0) is 11.3 Å². The Morgan fingerprint density at radius 1 is 1.19 bits per heavy atom. The molecule has 1 unspecified atom stereocenters. The van der Waals surface area contributed by atoms with E-state index in [-0.39, 0.29) is 0 Å². The Morgan fingerprint density at radius 3 is 2.62 bits per heavy atom. The third-order valence-electron chi connectivity index (χ3n) is 6.09. The molecule has 2 aromatic heterocycles. The lowest BCUT2D eigenvalue weighted by molar-refractivity contribution is 0.0320. The van der Waals surface area contributed by atoms with E-state index in [1.165, 1.54) is 5.56 Å². The number of nitrogens with zero attached hydrogens (tertiary/aromatic N) is 4. The minimum absolute atomic E-state index is 0.384. The molecule has 0 amide bonds. The van der Waals surface area contributed by atoms with Crippen molar-refractivity contribution in [2.24, 2.45) is 0 Å². The van der Waals surface area contributed by atoms with Crippen molar-refractivity contribution in [1.29, 1.82) is 0 Å². The Labute approximate surface area is 188 Å². The molecule has 1 aliphatic rings. The van der Waals surface area contributed by atoms with E-state index in [0.717, 1.165) is 42.9 Å². The predicted octanol–water partition coefficient (Wildman–Crippen LogP) is 2.83. The molecule has 2 atom stereocenters. The fraction of sp³-hybridized carbons (Fsp3) is 0.500. The fourth-order valence-corrected chi connectivity index (χ4v) is 4.43. The van der Waals surface area contributed by atoms with E-state index in [9.17, 15) is 10.2 Å². The van der Waals surface area contributed by atoms with Gasteiger partial charge in [-0.25, -0.2) is 4.98 Å². The van der Waals surface area contributed by atoms with Crippen molar-refractivity contribution < 1.29 is 19.5 Å². The molecule has 3 aromatic rings. The smallest absolute Gasteiger partial charge is 0.167 e. The summed E-state index contributed by atoms with van der Waals surface area (Å²) in [5.41, 5.74) is 3.12. The quantitative estimate of drug-likeness (QED) is 0.528. The van der Waals surface area contributed by atoms with Gasteiger partial charge in [0.2, 0.25) is 0 Å². The maximum absolute atomic E-state index is 9.94. The van der Waals surface area contributed by atoms with Gasteiger partial charge in [-0.15, -0.1) is 0 Å². The molecule has 0 saturated carbocycles. The molecule has 1 aromatic carbocycles. The first-order valence-corrected chi connectivity index (χ1v) is 11.2. The van der Waals surface area contributed by atoms with Crippen molar-refractivity contribution in [3.63, 3.8) is 0 Å². The van der Waals surface area contributed by atoms with E-state index in [1.54, 1.807) is 20.2 Å². The van der Waals surface area contributed by atoms with Crippen molar-refractivity contribution in [3.05, 3.63) is 59.8 Å². The molecule has 0 bridgehead atoms. The monoisotopic (exact) mass is 440 g/mol. The zero-order chi connectivity index (χ0) is 22.5. The summed E-state index contributed by atoms with van der Waals surface area (Å²) in [5.74, 6) is 1.87. The van der Waals surface area contributed by atoms with E-state index >= 15 is 0 Å². The van der Waals surface area contributed by atoms with Crippen LogP contribution in [-0.4, -0.2) is 69.3 Å². The van der Waals surface area contributed by atoms with E-state index < -0.39 is 12.2 Å². The van der Waals surface area contributed by atoms with Crippen molar-refractivity contribution in [2.45, 2.75) is 44.4 Å². The minimum Gasteiger partial charge on any atom is -0.389 e. The molecule has 1 saturated heterocycles. The third-order valence-corrected chi connectivity index (χ3v) is 6.09. The average molecular weight is 441 g/mol. The summed E-state index contributed by atoms with van der Waals surface area (Å²) >= 11 is 0. The molecule has 8 nitrogen and oxygen atoms in total. The lowest BCUT2D eigenvalue weighted by atomic mass is 9.89. The average Bonchev–Trinajstić information content (AvgIpc) is 3.45. The van der Waals surface area contributed by atoms with Gasteiger partial charge < -0.3 is 28.9 Å². The van der Waals surface area contributed by atoms with Gasteiger partial charge in [0.1, 0.15) is 17.6 Å². The van der Waals surface area contributed by atoms with Crippen LogP contribution in [0.15, 0.2) is 47.2 Å². The fourth-order valence-electron chi connectivity index (χ4n) is 4.43. The number of aromatic nitrogens is 3. The first-order chi connectivity index (χ1) is 15.5. The highest BCUT2D eigenvalue weighted by molar-refractivity contribution is 5.58. The number of rotatable bonds is 9. The molecule has 8 heteroatoms. The van der Waals surface area contributed by atoms with E-state index in [2.05, 4.69) is 39.3 Å². The first-order valence-electron chi connectivity index (χ1n) is 11.2. The Bertz CT molecular complexity index is 974. The van der Waals surface area contributed by atoms with Crippen LogP contribution in [0.4, 0.5) is 0 Å². The predicted molar refractivity (Wildman–Crippen MR) is 120 cm³/mol. The van der Waals surface area contributed by atoms with Crippen LogP contribution in [0.1, 0.15) is 48.9 Å². The summed E-state index contributed by atoms with van der Waals surface area (Å²) in [4.78, 5) is 6.50. The highest BCUT2D eigenvalue weighted by Crippen LogP contribution is 2.30. The van der Waals surface area contributed by atoms with E-state index in [4.69, 9.17) is 9.26 Å². The van der Waals surface area contributed by atoms with Gasteiger partial charge in [-0.2, -0.15) is 0 Å². The highest BCUT2D eigenvalue weighted by Gasteiger charge is 2.22. The normalized spacial score (nSPS) is 17.5. The van der Waals surface area contributed by atoms with Crippen LogP contribution in [0.25, 0.3) is 11.3 Å². The SMILES string of the molecule is COCC(O)CN1CCC(c2ccc(-c3cc(Cn4ccnc4[C@H](C)O)no3)cc2)CC1. The van der Waals surface area contributed by atoms with Crippen LogP contribution >= 0.6 is 0 Å². The number of aliphatic hydroxyl groups excluding tert-OH is 2. The highest BCUT2D eigenvalue weighted by atomic mass is 16.5. The third kappa shape index (κ3) is 5.45. The molecule has 3 heterocycles. The molecule has 0 aliphatic carbocycles. The number of likely N-dealkylation sites (tertiary alicyclic amines) is 1. The molecule has 0 radical (unpaired) electrons. The molecular formula is C24H32N4O4. The number of methoxy groups -OCH3 is 1. The van der Waals surface area contributed by atoms with Gasteiger partial charge in [0, 0.05) is 37.7 Å². The number of aliphatic hydroxyl groups is 2. The summed E-state index contributed by atoms with van der Waals surface area (Å²) in [6.45, 7) is 5.23. The summed E-state index contributed by atoms with van der Waals surface area (Å²) < 4.78 is 12.5.